The Morgan fingerprint density at radius 1 is 1.00 bits per heavy atom. The van der Waals surface area contributed by atoms with E-state index in [0.29, 0.717) is 27.7 Å². The van der Waals surface area contributed by atoms with E-state index in [-0.39, 0.29) is 5.91 Å². The molecule has 1 atom stereocenters. The maximum absolute atomic E-state index is 13.1. The van der Waals surface area contributed by atoms with Crippen LogP contribution in [0.4, 0.5) is 13.2 Å². The molecule has 0 radical (unpaired) electrons. The summed E-state index contributed by atoms with van der Waals surface area (Å²) in [6, 6.07) is 17.2. The van der Waals surface area contributed by atoms with Crippen molar-refractivity contribution in [1.82, 2.24) is 15.3 Å². The molecule has 4 nitrogen and oxygen atoms in total. The van der Waals surface area contributed by atoms with Gasteiger partial charge in [0.05, 0.1) is 28.4 Å². The zero-order valence-corrected chi connectivity index (χ0v) is 16.5. The Kier molecular flexibility index (Phi) is 5.42. The van der Waals surface area contributed by atoms with Crippen molar-refractivity contribution in [2.75, 3.05) is 0 Å². The fourth-order valence-corrected chi connectivity index (χ4v) is 3.33. The Hall–Kier alpha value is -3.74. The highest BCUT2D eigenvalue weighted by Gasteiger charge is 2.30. The van der Waals surface area contributed by atoms with Gasteiger partial charge in [0.25, 0.3) is 5.91 Å². The number of pyridine rings is 2. The molecule has 156 valence electrons. The number of fused-ring (bicyclic) bond motifs is 1. The summed E-state index contributed by atoms with van der Waals surface area (Å²) in [5, 5.41) is 3.46. The molecule has 1 unspecified atom stereocenters. The third kappa shape index (κ3) is 4.40. The Bertz CT molecular complexity index is 1220. The smallest absolute Gasteiger partial charge is 0.345 e. The number of rotatable bonds is 4. The van der Waals surface area contributed by atoms with Crippen LogP contribution in [0.5, 0.6) is 0 Å². The van der Waals surface area contributed by atoms with Crippen molar-refractivity contribution in [3.63, 3.8) is 0 Å². The summed E-state index contributed by atoms with van der Waals surface area (Å²) >= 11 is 0. The predicted molar refractivity (Wildman–Crippen MR) is 112 cm³/mol. The van der Waals surface area contributed by atoms with Gasteiger partial charge in [0.2, 0.25) is 0 Å². The van der Waals surface area contributed by atoms with Crippen LogP contribution in [0.1, 0.15) is 34.5 Å². The average molecular weight is 421 g/mol. The largest absolute Gasteiger partial charge is 0.416 e. The topological polar surface area (TPSA) is 54.9 Å². The predicted octanol–water partition coefficient (Wildman–Crippen LogP) is 5.81. The number of nitrogens with zero attached hydrogens (tertiary/aromatic N) is 2. The molecular formula is C24H18F3N3O. The van der Waals surface area contributed by atoms with Gasteiger partial charge in [0, 0.05) is 23.3 Å². The Labute approximate surface area is 176 Å². The lowest BCUT2D eigenvalue weighted by atomic mass is 10.0. The summed E-state index contributed by atoms with van der Waals surface area (Å²) < 4.78 is 38.4. The van der Waals surface area contributed by atoms with Crippen LogP contribution >= 0.6 is 0 Å². The molecule has 4 rings (SSSR count). The molecule has 4 aromatic rings. The highest BCUT2D eigenvalue weighted by atomic mass is 19.4. The molecule has 2 aromatic carbocycles. The Morgan fingerprint density at radius 3 is 2.39 bits per heavy atom. The van der Waals surface area contributed by atoms with Crippen molar-refractivity contribution < 1.29 is 18.0 Å². The van der Waals surface area contributed by atoms with Crippen LogP contribution < -0.4 is 5.32 Å². The molecule has 0 bridgehead atoms. The first-order valence-corrected chi connectivity index (χ1v) is 9.61. The minimum absolute atomic E-state index is 0.357. The lowest BCUT2D eigenvalue weighted by Crippen LogP contribution is -2.27. The maximum atomic E-state index is 13.1. The second-order valence-corrected chi connectivity index (χ2v) is 7.13. The van der Waals surface area contributed by atoms with Gasteiger partial charge >= 0.3 is 6.18 Å². The number of carbonyl (C=O) groups excluding carboxylic acids is 1. The van der Waals surface area contributed by atoms with Gasteiger partial charge in [0.1, 0.15) is 0 Å². The standard InChI is InChI=1S/C24H18F3N3O/c1-15(16-7-9-18(10-8-16)24(25,26)27)29-23(31)19-13-22(17-5-3-2-4-6-17)30-21-11-12-28-14-20(19)21/h2-15H,1H3,(H,29,31). The Balaban J connectivity index is 1.65. The van der Waals surface area contributed by atoms with Crippen LogP contribution in [0.2, 0.25) is 0 Å². The number of alkyl halides is 3. The van der Waals surface area contributed by atoms with E-state index in [0.717, 1.165) is 17.7 Å². The van der Waals surface area contributed by atoms with E-state index in [2.05, 4.69) is 15.3 Å². The minimum Gasteiger partial charge on any atom is -0.345 e. The molecule has 0 aliphatic heterocycles. The van der Waals surface area contributed by atoms with Gasteiger partial charge in [-0.1, -0.05) is 42.5 Å². The molecule has 7 heteroatoms. The third-order valence-corrected chi connectivity index (χ3v) is 5.01. The lowest BCUT2D eigenvalue weighted by Gasteiger charge is -2.17. The summed E-state index contributed by atoms with van der Waals surface area (Å²) in [5.41, 5.74) is 2.38. The molecule has 0 aliphatic rings. The SMILES string of the molecule is CC(NC(=O)c1cc(-c2ccccc2)nc2ccncc12)c1ccc(C(F)(F)F)cc1. The molecule has 0 saturated heterocycles. The molecule has 31 heavy (non-hydrogen) atoms. The van der Waals surface area contributed by atoms with Crippen molar-refractivity contribution in [1.29, 1.82) is 0 Å². The molecule has 0 spiro atoms. The van der Waals surface area contributed by atoms with E-state index in [1.54, 1.807) is 31.5 Å². The summed E-state index contributed by atoms with van der Waals surface area (Å²) in [5.74, 6) is -0.357. The number of halogens is 3. The summed E-state index contributed by atoms with van der Waals surface area (Å²) in [6.07, 6.45) is -1.22. The number of amides is 1. The highest BCUT2D eigenvalue weighted by Crippen LogP contribution is 2.30. The van der Waals surface area contributed by atoms with Gasteiger partial charge in [-0.15, -0.1) is 0 Å². The van der Waals surface area contributed by atoms with Crippen LogP contribution in [-0.2, 0) is 6.18 Å². The van der Waals surface area contributed by atoms with Crippen molar-refractivity contribution in [3.05, 3.63) is 95.8 Å². The zero-order chi connectivity index (χ0) is 22.0. The number of benzene rings is 2. The normalized spacial score (nSPS) is 12.5. The maximum Gasteiger partial charge on any atom is 0.416 e. The van der Waals surface area contributed by atoms with Crippen LogP contribution in [0.15, 0.2) is 79.1 Å². The van der Waals surface area contributed by atoms with Crippen LogP contribution in [0.25, 0.3) is 22.2 Å². The monoisotopic (exact) mass is 421 g/mol. The van der Waals surface area contributed by atoms with Gasteiger partial charge < -0.3 is 5.32 Å². The average Bonchev–Trinajstić information content (AvgIpc) is 2.78. The van der Waals surface area contributed by atoms with E-state index < -0.39 is 17.8 Å². The van der Waals surface area contributed by atoms with Gasteiger partial charge in [-0.25, -0.2) is 4.98 Å². The van der Waals surface area contributed by atoms with E-state index >= 15 is 0 Å². The minimum atomic E-state index is -4.40. The lowest BCUT2D eigenvalue weighted by molar-refractivity contribution is -0.137. The van der Waals surface area contributed by atoms with Crippen molar-refractivity contribution in [3.8, 4) is 11.3 Å². The first-order valence-electron chi connectivity index (χ1n) is 9.61. The van der Waals surface area contributed by atoms with Crippen LogP contribution in [0, 0.1) is 0 Å². The molecule has 2 heterocycles. The molecular weight excluding hydrogens is 403 g/mol. The zero-order valence-electron chi connectivity index (χ0n) is 16.5. The highest BCUT2D eigenvalue weighted by molar-refractivity contribution is 6.07. The van der Waals surface area contributed by atoms with Crippen molar-refractivity contribution in [2.24, 2.45) is 0 Å². The quantitative estimate of drug-likeness (QED) is 0.453. The summed E-state index contributed by atoms with van der Waals surface area (Å²) in [7, 11) is 0. The molecule has 1 N–H and O–H groups in total. The molecule has 1 amide bonds. The third-order valence-electron chi connectivity index (χ3n) is 5.01. The fraction of sp³-hybridized carbons (Fsp3) is 0.125. The van der Waals surface area contributed by atoms with Gasteiger partial charge in [-0.2, -0.15) is 13.2 Å². The Morgan fingerprint density at radius 2 is 1.71 bits per heavy atom. The number of hydrogen-bond acceptors (Lipinski definition) is 3. The van der Waals surface area contributed by atoms with Gasteiger partial charge in [-0.05, 0) is 36.8 Å². The van der Waals surface area contributed by atoms with Crippen molar-refractivity contribution >= 4 is 16.8 Å². The van der Waals surface area contributed by atoms with Gasteiger partial charge in [-0.3, -0.25) is 9.78 Å². The van der Waals surface area contributed by atoms with E-state index in [1.807, 2.05) is 30.3 Å². The number of carbonyl (C=O) groups is 1. The molecule has 0 aliphatic carbocycles. The second kappa shape index (κ2) is 8.18. The summed E-state index contributed by atoms with van der Waals surface area (Å²) in [4.78, 5) is 21.8. The number of aromatic nitrogens is 2. The second-order valence-electron chi connectivity index (χ2n) is 7.13. The van der Waals surface area contributed by atoms with Crippen molar-refractivity contribution in [2.45, 2.75) is 19.1 Å². The van der Waals surface area contributed by atoms with E-state index in [9.17, 15) is 18.0 Å². The first kappa shape index (κ1) is 20.5. The number of nitrogens with one attached hydrogen (secondary N) is 1. The number of hydrogen-bond donors (Lipinski definition) is 1. The van der Waals surface area contributed by atoms with Crippen LogP contribution in [-0.4, -0.2) is 15.9 Å². The van der Waals surface area contributed by atoms with Crippen LogP contribution in [0.3, 0.4) is 0 Å². The summed E-state index contributed by atoms with van der Waals surface area (Å²) in [6.45, 7) is 1.72. The molecule has 0 fully saturated rings. The molecule has 0 saturated carbocycles. The fourth-order valence-electron chi connectivity index (χ4n) is 3.33. The van der Waals surface area contributed by atoms with E-state index in [1.165, 1.54) is 12.1 Å². The molecule has 2 aromatic heterocycles. The van der Waals surface area contributed by atoms with E-state index in [4.69, 9.17) is 0 Å². The first-order chi connectivity index (χ1) is 14.8. The van der Waals surface area contributed by atoms with Gasteiger partial charge in [0.15, 0.2) is 0 Å².